The van der Waals surface area contributed by atoms with Crippen LogP contribution in [0.2, 0.25) is 0 Å². The van der Waals surface area contributed by atoms with Crippen molar-refractivity contribution >= 4 is 23.4 Å². The van der Waals surface area contributed by atoms with Gasteiger partial charge >= 0.3 is 0 Å². The molecule has 0 aliphatic carbocycles. The van der Waals surface area contributed by atoms with Crippen molar-refractivity contribution in [3.8, 4) is 5.75 Å². The second kappa shape index (κ2) is 11.0. The van der Waals surface area contributed by atoms with Gasteiger partial charge in [-0.25, -0.2) is 0 Å². The Labute approximate surface area is 238 Å². The predicted octanol–water partition coefficient (Wildman–Crippen LogP) is 3.75. The molecular weight excluding hydrogens is 510 g/mol. The zero-order valence-electron chi connectivity index (χ0n) is 25.2. The Morgan fingerprint density at radius 2 is 1.80 bits per heavy atom. The molecule has 3 aliphatic rings. The van der Waals surface area contributed by atoms with Crippen molar-refractivity contribution in [2.75, 3.05) is 18.5 Å². The third-order valence-electron chi connectivity index (χ3n) is 8.47. The lowest BCUT2D eigenvalue weighted by atomic mass is 9.70. The molecule has 0 radical (unpaired) electrons. The van der Waals surface area contributed by atoms with Crippen LogP contribution in [-0.4, -0.2) is 70.3 Å². The summed E-state index contributed by atoms with van der Waals surface area (Å²) in [4.78, 5) is 43.6. The summed E-state index contributed by atoms with van der Waals surface area (Å²) >= 11 is 0. The van der Waals surface area contributed by atoms with Crippen LogP contribution in [0.15, 0.2) is 24.3 Å². The summed E-state index contributed by atoms with van der Waals surface area (Å²) in [5.41, 5.74) is -1.08. The molecule has 2 bridgehead atoms. The molecule has 3 aliphatic heterocycles. The second-order valence-electron chi connectivity index (χ2n) is 13.9. The zero-order chi connectivity index (χ0) is 29.6. The van der Waals surface area contributed by atoms with Gasteiger partial charge in [0.2, 0.25) is 17.7 Å². The molecule has 3 fully saturated rings. The highest BCUT2D eigenvalue weighted by atomic mass is 16.5. The lowest BCUT2D eigenvalue weighted by Gasteiger charge is -2.41. The fourth-order valence-electron chi connectivity index (χ4n) is 7.47. The molecule has 0 saturated carbocycles. The maximum absolute atomic E-state index is 14.2. The van der Waals surface area contributed by atoms with Gasteiger partial charge in [-0.1, -0.05) is 34.6 Å². The van der Waals surface area contributed by atoms with Gasteiger partial charge in [0.15, 0.2) is 0 Å². The molecular formula is C31H47N3O6. The molecule has 0 aromatic heterocycles. The summed E-state index contributed by atoms with van der Waals surface area (Å²) < 4.78 is 12.0. The fourth-order valence-corrected chi connectivity index (χ4v) is 7.47. The third-order valence-corrected chi connectivity index (χ3v) is 8.47. The first-order valence-corrected chi connectivity index (χ1v) is 14.6. The quantitative estimate of drug-likeness (QED) is 0.404. The minimum absolute atomic E-state index is 0.0271. The maximum atomic E-state index is 14.2. The molecule has 2 unspecified atom stereocenters. The SMILES string of the molecule is CCOc1ccc(NC(=O)[C@@H]2[C@@H]3CCC4(O3)C(C(=O)NC(C)(C)CC(C)(C)C)N([C@@H](CO)C(C)C)C(=O)[C@H]24)cc1. The molecule has 9 heteroatoms. The minimum atomic E-state index is -1.12. The van der Waals surface area contributed by atoms with Crippen LogP contribution in [0.5, 0.6) is 5.75 Å². The van der Waals surface area contributed by atoms with E-state index in [1.54, 1.807) is 24.3 Å². The molecule has 6 atom stereocenters. The van der Waals surface area contributed by atoms with Crippen molar-refractivity contribution in [3.05, 3.63) is 24.3 Å². The van der Waals surface area contributed by atoms with E-state index in [4.69, 9.17) is 9.47 Å². The smallest absolute Gasteiger partial charge is 0.246 e. The number of ether oxygens (including phenoxy) is 2. The van der Waals surface area contributed by atoms with Gasteiger partial charge in [-0.2, -0.15) is 0 Å². The Kier molecular flexibility index (Phi) is 8.31. The standard InChI is InChI=1S/C31H47N3O6/c1-9-39-20-12-10-19(11-13-20)32-26(36)23-22-14-15-31(40-22)24(23)28(38)34(21(16-35)18(2)3)25(31)27(37)33-30(7,8)17-29(4,5)6/h10-13,18,21-25,35H,9,14-17H2,1-8H3,(H,32,36)(H,33,37)/t21-,22-,23+,24-,25?,31?/m0/s1. The number of fused-ring (bicyclic) bond motifs is 1. The van der Waals surface area contributed by atoms with Gasteiger partial charge in [-0.3, -0.25) is 14.4 Å². The Morgan fingerprint density at radius 1 is 1.15 bits per heavy atom. The number of likely N-dealkylation sites (tertiary alicyclic amines) is 1. The van der Waals surface area contributed by atoms with Crippen molar-refractivity contribution in [2.24, 2.45) is 23.2 Å². The van der Waals surface area contributed by atoms with Crippen molar-refractivity contribution in [1.29, 1.82) is 0 Å². The van der Waals surface area contributed by atoms with E-state index in [9.17, 15) is 19.5 Å². The van der Waals surface area contributed by atoms with Crippen LogP contribution >= 0.6 is 0 Å². The van der Waals surface area contributed by atoms with Gasteiger partial charge in [0.25, 0.3) is 0 Å². The molecule has 1 aromatic carbocycles. The van der Waals surface area contributed by atoms with Gasteiger partial charge in [-0.05, 0) is 75.6 Å². The summed E-state index contributed by atoms with van der Waals surface area (Å²) in [6.45, 7) is 16.3. The van der Waals surface area contributed by atoms with E-state index in [2.05, 4.69) is 31.4 Å². The zero-order valence-corrected chi connectivity index (χ0v) is 25.2. The topological polar surface area (TPSA) is 117 Å². The summed E-state index contributed by atoms with van der Waals surface area (Å²) in [5.74, 6) is -1.82. The number of nitrogens with zero attached hydrogens (tertiary/aromatic N) is 1. The van der Waals surface area contributed by atoms with Gasteiger partial charge in [0.05, 0.1) is 37.2 Å². The maximum Gasteiger partial charge on any atom is 0.246 e. The Bertz CT molecular complexity index is 1110. The van der Waals surface area contributed by atoms with Crippen molar-refractivity contribution in [3.63, 3.8) is 0 Å². The first-order chi connectivity index (χ1) is 18.6. The summed E-state index contributed by atoms with van der Waals surface area (Å²) in [7, 11) is 0. The molecule has 4 rings (SSSR count). The molecule has 1 aromatic rings. The van der Waals surface area contributed by atoms with Crippen molar-refractivity contribution < 1.29 is 29.0 Å². The molecule has 3 heterocycles. The second-order valence-corrected chi connectivity index (χ2v) is 13.9. The van der Waals surface area contributed by atoms with Gasteiger partial charge < -0.3 is 30.1 Å². The number of amides is 3. The number of rotatable bonds is 10. The van der Waals surface area contributed by atoms with Crippen LogP contribution in [0.1, 0.15) is 74.7 Å². The predicted molar refractivity (Wildman–Crippen MR) is 153 cm³/mol. The largest absolute Gasteiger partial charge is 0.494 e. The lowest BCUT2D eigenvalue weighted by Crippen LogP contribution is -2.61. The molecule has 222 valence electrons. The van der Waals surface area contributed by atoms with E-state index in [1.165, 1.54) is 4.90 Å². The molecule has 40 heavy (non-hydrogen) atoms. The van der Waals surface area contributed by atoms with E-state index < -0.39 is 41.2 Å². The van der Waals surface area contributed by atoms with E-state index in [0.29, 0.717) is 30.9 Å². The lowest BCUT2D eigenvalue weighted by molar-refractivity contribution is -0.147. The average Bonchev–Trinajstić information content (AvgIpc) is 3.46. The Hall–Kier alpha value is -2.65. The number of aliphatic hydroxyl groups is 1. The highest BCUT2D eigenvalue weighted by Crippen LogP contribution is 2.59. The summed E-state index contributed by atoms with van der Waals surface area (Å²) in [6.07, 6.45) is 1.36. The number of nitrogens with one attached hydrogen (secondary N) is 2. The third kappa shape index (κ3) is 5.59. The van der Waals surface area contributed by atoms with Crippen LogP contribution in [0.4, 0.5) is 5.69 Å². The Balaban J connectivity index is 1.66. The average molecular weight is 558 g/mol. The Morgan fingerprint density at radius 3 is 2.35 bits per heavy atom. The van der Waals surface area contributed by atoms with E-state index in [0.717, 1.165) is 6.42 Å². The molecule has 3 saturated heterocycles. The number of aliphatic hydroxyl groups excluding tert-OH is 1. The molecule has 1 spiro atoms. The minimum Gasteiger partial charge on any atom is -0.494 e. The van der Waals surface area contributed by atoms with Crippen LogP contribution < -0.4 is 15.4 Å². The molecule has 3 N–H and O–H groups in total. The van der Waals surface area contributed by atoms with Gasteiger partial charge in [-0.15, -0.1) is 0 Å². The van der Waals surface area contributed by atoms with E-state index in [-0.39, 0.29) is 35.7 Å². The first kappa shape index (κ1) is 30.3. The molecule has 9 nitrogen and oxygen atoms in total. The fraction of sp³-hybridized carbons (Fsp3) is 0.710. The monoisotopic (exact) mass is 557 g/mol. The normalized spacial score (nSPS) is 28.6. The van der Waals surface area contributed by atoms with E-state index >= 15 is 0 Å². The van der Waals surface area contributed by atoms with Gasteiger partial charge in [0, 0.05) is 11.2 Å². The van der Waals surface area contributed by atoms with E-state index in [1.807, 2.05) is 34.6 Å². The number of carbonyl (C=O) groups is 3. The van der Waals surface area contributed by atoms with Crippen molar-refractivity contribution in [1.82, 2.24) is 10.2 Å². The van der Waals surface area contributed by atoms with Crippen molar-refractivity contribution in [2.45, 2.75) is 104 Å². The number of hydrogen-bond donors (Lipinski definition) is 3. The summed E-state index contributed by atoms with van der Waals surface area (Å²) in [5, 5.41) is 16.5. The van der Waals surface area contributed by atoms with Crippen LogP contribution in [0, 0.1) is 23.2 Å². The van der Waals surface area contributed by atoms with Crippen LogP contribution in [-0.2, 0) is 19.1 Å². The number of benzene rings is 1. The number of anilines is 1. The summed E-state index contributed by atoms with van der Waals surface area (Å²) in [6, 6.07) is 5.60. The van der Waals surface area contributed by atoms with Crippen LogP contribution in [0.3, 0.4) is 0 Å². The highest BCUT2D eigenvalue weighted by Gasteiger charge is 2.75. The number of carbonyl (C=O) groups excluding carboxylic acids is 3. The van der Waals surface area contributed by atoms with Crippen LogP contribution in [0.25, 0.3) is 0 Å². The van der Waals surface area contributed by atoms with Gasteiger partial charge in [0.1, 0.15) is 17.4 Å². The highest BCUT2D eigenvalue weighted by molar-refractivity contribution is 6.02. The number of hydrogen-bond acceptors (Lipinski definition) is 6. The molecule has 3 amide bonds. The first-order valence-electron chi connectivity index (χ1n) is 14.6.